The number of hydrogen-bond donors (Lipinski definition) is 1. The number of benzene rings is 8. The molecule has 0 aliphatic carbocycles. The van der Waals surface area contributed by atoms with Gasteiger partial charge < -0.3 is 9.55 Å². The minimum atomic E-state index is 0. The molecule has 0 saturated carbocycles. The Hall–Kier alpha value is -8.95. The van der Waals surface area contributed by atoms with Crippen molar-refractivity contribution < 1.29 is 21.1 Å². The molecule has 3 aromatic heterocycles. The van der Waals surface area contributed by atoms with Crippen LogP contribution in [0.1, 0.15) is 28.3 Å². The van der Waals surface area contributed by atoms with E-state index in [2.05, 4.69) is 283 Å². The average molecular weight is 1110 g/mol. The minimum absolute atomic E-state index is 0. The zero-order chi connectivity index (χ0) is 47.8. The van der Waals surface area contributed by atoms with Crippen LogP contribution >= 0.6 is 0 Å². The fraction of sp³-hybridized carbons (Fsp3) is 0. The summed E-state index contributed by atoms with van der Waals surface area (Å²) < 4.78 is 2.51. The van der Waals surface area contributed by atoms with Crippen molar-refractivity contribution in [1.29, 1.82) is 0 Å². The SMILES string of the molecule is C1=Cc2nc1c(-c1ccccc1)c1ccc([nH]1)c(-c1ccccc1)c1nc(c(-c3ccccc3)c3c(-c4ccccc4)c(-c4ccccc4)c(c2-c2ccccc2)n3-c2ccccc2)C(c2ccccc2)=C1.[Pt+2]. The molecule has 0 unspecified atom stereocenters. The summed E-state index contributed by atoms with van der Waals surface area (Å²) in [5.74, 6) is 0. The van der Waals surface area contributed by atoms with Crippen LogP contribution in [0.5, 0.6) is 0 Å². The van der Waals surface area contributed by atoms with Crippen molar-refractivity contribution in [3.8, 4) is 72.4 Å². The Labute approximate surface area is 439 Å². The number of aromatic nitrogens is 4. The molecule has 0 amide bonds. The normalized spacial score (nSPS) is 11.8. The molecular formula is C68H46N4Pt+2. The largest absolute Gasteiger partial charge is 2.00 e. The fourth-order valence-electron chi connectivity index (χ4n) is 10.6. The van der Waals surface area contributed by atoms with E-state index in [1.807, 2.05) is 0 Å². The van der Waals surface area contributed by atoms with Crippen LogP contribution in [0.25, 0.3) is 118 Å². The molecule has 5 heteroatoms. The van der Waals surface area contributed by atoms with Gasteiger partial charge in [-0.2, -0.15) is 0 Å². The third-order valence-electron chi connectivity index (χ3n) is 13.8. The van der Waals surface area contributed by atoms with Crippen LogP contribution in [0.4, 0.5) is 0 Å². The second kappa shape index (κ2) is 19.7. The summed E-state index contributed by atoms with van der Waals surface area (Å²) in [4.78, 5) is 15.7. The number of fused-ring (bicyclic) bond motifs is 8. The van der Waals surface area contributed by atoms with Crippen LogP contribution in [0.15, 0.2) is 255 Å². The van der Waals surface area contributed by atoms with Crippen molar-refractivity contribution >= 4 is 45.9 Å². The van der Waals surface area contributed by atoms with Gasteiger partial charge in [0, 0.05) is 55.7 Å². The fourth-order valence-corrected chi connectivity index (χ4v) is 10.6. The first-order valence-electron chi connectivity index (χ1n) is 24.5. The predicted octanol–water partition coefficient (Wildman–Crippen LogP) is 17.5. The van der Waals surface area contributed by atoms with Crippen LogP contribution in [-0.2, 0) is 21.1 Å². The van der Waals surface area contributed by atoms with Gasteiger partial charge in [-0.1, -0.05) is 231 Å². The molecule has 13 rings (SSSR count). The van der Waals surface area contributed by atoms with Crippen molar-refractivity contribution in [2.24, 2.45) is 0 Å². The van der Waals surface area contributed by atoms with E-state index in [1.54, 1.807) is 0 Å². The van der Waals surface area contributed by atoms with Crippen molar-refractivity contribution in [2.45, 2.75) is 0 Å². The summed E-state index contributed by atoms with van der Waals surface area (Å²) in [6.45, 7) is 0. The van der Waals surface area contributed by atoms with Gasteiger partial charge in [0.25, 0.3) is 0 Å². The Morgan fingerprint density at radius 1 is 0.288 bits per heavy atom. The van der Waals surface area contributed by atoms with E-state index in [0.717, 1.165) is 128 Å². The maximum absolute atomic E-state index is 6.00. The van der Waals surface area contributed by atoms with E-state index >= 15 is 0 Å². The number of nitrogens with one attached hydrogen (secondary N) is 1. The Bertz CT molecular complexity index is 4020. The molecule has 1 N–H and O–H groups in total. The van der Waals surface area contributed by atoms with Gasteiger partial charge in [0.2, 0.25) is 0 Å². The van der Waals surface area contributed by atoms with Crippen LogP contribution in [-0.4, -0.2) is 19.5 Å². The Morgan fingerprint density at radius 3 is 1.05 bits per heavy atom. The molecule has 8 bridgehead atoms. The third kappa shape index (κ3) is 8.22. The summed E-state index contributed by atoms with van der Waals surface area (Å²) in [5.41, 5.74) is 23.1. The molecule has 4 nitrogen and oxygen atoms in total. The molecule has 0 saturated heterocycles. The van der Waals surface area contributed by atoms with Crippen LogP contribution in [0.2, 0.25) is 0 Å². The van der Waals surface area contributed by atoms with Crippen molar-refractivity contribution in [3.05, 3.63) is 283 Å². The number of para-hydroxylation sites is 1. The molecule has 0 spiro atoms. The zero-order valence-corrected chi connectivity index (χ0v) is 41.9. The maximum atomic E-state index is 6.00. The summed E-state index contributed by atoms with van der Waals surface area (Å²) in [6.07, 6.45) is 6.71. The zero-order valence-electron chi connectivity index (χ0n) is 39.6. The topological polar surface area (TPSA) is 46.5 Å². The van der Waals surface area contributed by atoms with Crippen molar-refractivity contribution in [1.82, 2.24) is 19.5 Å². The molecule has 0 atom stereocenters. The first kappa shape index (κ1) is 45.2. The second-order valence-corrected chi connectivity index (χ2v) is 18.1. The average Bonchev–Trinajstić information content (AvgIpc) is 4.29. The van der Waals surface area contributed by atoms with Crippen LogP contribution in [0.3, 0.4) is 0 Å². The van der Waals surface area contributed by atoms with Crippen LogP contribution < -0.4 is 0 Å². The molecule has 11 aromatic rings. The van der Waals surface area contributed by atoms with Gasteiger partial charge in [0.15, 0.2) is 0 Å². The minimum Gasteiger partial charge on any atom is -0.354 e. The first-order chi connectivity index (χ1) is 35.8. The summed E-state index contributed by atoms with van der Waals surface area (Å²) in [5, 5.41) is 0. The molecule has 0 fully saturated rings. The third-order valence-corrected chi connectivity index (χ3v) is 13.8. The quantitative estimate of drug-likeness (QED) is 0.165. The standard InChI is InChI=1S/C68H46N4.Pt/c1-9-25-46(26-10-1)54-45-59-61(48-29-13-3-14-30-48)57-42-41-55(69-57)60(47-27-11-2-12-28-47)56-43-44-58(70-56)62(49-31-15-4-16-32-49)67-63(50-33-17-5-18-34-50)64(51-35-19-6-20-36-51)68(72(67)53-39-23-8-24-40-53)65(66(54)71-59)52-37-21-7-22-38-52;/h1-45,69H;/q;+2. The van der Waals surface area contributed by atoms with Gasteiger partial charge in [-0.3, -0.25) is 0 Å². The Kier molecular flexibility index (Phi) is 12.2. The maximum Gasteiger partial charge on any atom is 2.00 e. The summed E-state index contributed by atoms with van der Waals surface area (Å²) >= 11 is 0. The van der Waals surface area contributed by atoms with E-state index in [1.165, 1.54) is 0 Å². The smallest absolute Gasteiger partial charge is 0.354 e. The van der Waals surface area contributed by atoms with Gasteiger partial charge in [0.1, 0.15) is 0 Å². The second-order valence-electron chi connectivity index (χ2n) is 18.1. The Balaban J connectivity index is 0.00000543. The molecule has 0 radical (unpaired) electrons. The Morgan fingerprint density at radius 2 is 0.616 bits per heavy atom. The molecule has 73 heavy (non-hydrogen) atoms. The number of hydrogen-bond acceptors (Lipinski definition) is 2. The number of H-pyrrole nitrogens is 1. The molecule has 5 heterocycles. The van der Waals surface area contributed by atoms with E-state index in [-0.39, 0.29) is 21.1 Å². The predicted molar refractivity (Wildman–Crippen MR) is 301 cm³/mol. The monoisotopic (exact) mass is 1110 g/mol. The molecular weight excluding hydrogens is 1070 g/mol. The number of rotatable bonds is 8. The van der Waals surface area contributed by atoms with Gasteiger partial charge in [-0.05, 0) is 81.4 Å². The van der Waals surface area contributed by atoms with Gasteiger partial charge in [-0.15, -0.1) is 0 Å². The van der Waals surface area contributed by atoms with Crippen molar-refractivity contribution in [3.63, 3.8) is 0 Å². The molecule has 2 aliphatic heterocycles. The number of aromatic amines is 1. The first-order valence-corrected chi connectivity index (χ1v) is 24.5. The van der Waals surface area contributed by atoms with Gasteiger partial charge in [0.05, 0.1) is 33.8 Å². The number of nitrogens with zero attached hydrogens (tertiary/aromatic N) is 3. The van der Waals surface area contributed by atoms with E-state index in [9.17, 15) is 0 Å². The molecule has 8 aromatic carbocycles. The van der Waals surface area contributed by atoms with Gasteiger partial charge in [-0.25, -0.2) is 9.97 Å². The molecule has 2 aliphatic rings. The van der Waals surface area contributed by atoms with Crippen LogP contribution in [0, 0.1) is 0 Å². The van der Waals surface area contributed by atoms with Crippen molar-refractivity contribution in [2.75, 3.05) is 0 Å². The van der Waals surface area contributed by atoms with E-state index < -0.39 is 0 Å². The summed E-state index contributed by atoms with van der Waals surface area (Å²) in [6, 6.07) is 90.8. The summed E-state index contributed by atoms with van der Waals surface area (Å²) in [7, 11) is 0. The van der Waals surface area contributed by atoms with Gasteiger partial charge >= 0.3 is 21.1 Å². The molecule has 346 valence electrons. The van der Waals surface area contributed by atoms with E-state index in [0.29, 0.717) is 0 Å². The van der Waals surface area contributed by atoms with E-state index in [4.69, 9.17) is 9.97 Å².